The van der Waals surface area contributed by atoms with E-state index in [2.05, 4.69) is 20.7 Å². The van der Waals surface area contributed by atoms with Gasteiger partial charge in [-0.2, -0.15) is 0 Å². The predicted octanol–water partition coefficient (Wildman–Crippen LogP) is 1.47. The summed E-state index contributed by atoms with van der Waals surface area (Å²) >= 11 is 3.26. The molecule has 1 saturated carbocycles. The van der Waals surface area contributed by atoms with E-state index in [4.69, 9.17) is 10.5 Å². The molecule has 0 bridgehead atoms. The van der Waals surface area contributed by atoms with E-state index < -0.39 is 10.0 Å². The highest BCUT2D eigenvalue weighted by Crippen LogP contribution is 2.31. The van der Waals surface area contributed by atoms with Crippen LogP contribution in [0.2, 0.25) is 0 Å². The number of nitrogens with one attached hydrogen (secondary N) is 1. The number of hydrogen-bond acceptors (Lipinski definition) is 4. The van der Waals surface area contributed by atoms with E-state index in [1.54, 1.807) is 6.07 Å². The summed E-state index contributed by atoms with van der Waals surface area (Å²) in [6.07, 6.45) is 2.18. The molecule has 19 heavy (non-hydrogen) atoms. The highest BCUT2D eigenvalue weighted by atomic mass is 79.9. The summed E-state index contributed by atoms with van der Waals surface area (Å²) in [5, 5.41) is 0. The number of methoxy groups -OCH3 is 1. The van der Waals surface area contributed by atoms with Crippen molar-refractivity contribution in [3.05, 3.63) is 22.7 Å². The van der Waals surface area contributed by atoms with Crippen LogP contribution in [-0.2, 0) is 10.0 Å². The van der Waals surface area contributed by atoms with Gasteiger partial charge in [-0.3, -0.25) is 0 Å². The molecular weight excluding hydrogens is 332 g/mol. The Morgan fingerprint density at radius 1 is 1.47 bits per heavy atom. The molecule has 1 aliphatic carbocycles. The lowest BCUT2D eigenvalue weighted by Gasteiger charge is -2.13. The van der Waals surface area contributed by atoms with Crippen molar-refractivity contribution in [2.24, 2.45) is 11.7 Å². The molecular formula is C12H17BrN2O3S. The highest BCUT2D eigenvalue weighted by molar-refractivity contribution is 9.10. The quantitative estimate of drug-likeness (QED) is 0.815. The van der Waals surface area contributed by atoms with Crippen molar-refractivity contribution >= 4 is 26.0 Å². The molecule has 2 rings (SSSR count). The van der Waals surface area contributed by atoms with Gasteiger partial charge in [0.15, 0.2) is 0 Å². The number of halogens is 1. The van der Waals surface area contributed by atoms with Crippen molar-refractivity contribution in [3.63, 3.8) is 0 Å². The monoisotopic (exact) mass is 348 g/mol. The lowest BCUT2D eigenvalue weighted by molar-refractivity contribution is 0.413. The molecule has 0 amide bonds. The van der Waals surface area contributed by atoms with Gasteiger partial charge >= 0.3 is 0 Å². The second-order valence-corrected chi connectivity index (χ2v) is 7.36. The minimum atomic E-state index is -3.56. The summed E-state index contributed by atoms with van der Waals surface area (Å²) in [6.45, 7) is 0.266. The van der Waals surface area contributed by atoms with Gasteiger partial charge in [-0.25, -0.2) is 13.1 Å². The number of rotatable bonds is 6. The van der Waals surface area contributed by atoms with E-state index in [0.717, 1.165) is 12.8 Å². The number of nitrogens with two attached hydrogens (primary N) is 1. The Kier molecular flexibility index (Phi) is 4.50. The predicted molar refractivity (Wildman–Crippen MR) is 76.6 cm³/mol. The van der Waals surface area contributed by atoms with Gasteiger partial charge < -0.3 is 10.5 Å². The van der Waals surface area contributed by atoms with Gasteiger partial charge in [-0.1, -0.05) is 15.9 Å². The zero-order valence-electron chi connectivity index (χ0n) is 10.6. The lowest BCUT2D eigenvalue weighted by atomic mass is 10.2. The molecule has 1 aliphatic rings. The SMILES string of the molecule is COc1cc(Br)cc(S(=O)(=O)NCC(N)C2CC2)c1. The van der Waals surface area contributed by atoms with Crippen molar-refractivity contribution in [2.75, 3.05) is 13.7 Å². The van der Waals surface area contributed by atoms with Gasteiger partial charge in [0.1, 0.15) is 5.75 Å². The second-order valence-electron chi connectivity index (χ2n) is 4.68. The summed E-state index contributed by atoms with van der Waals surface area (Å²) in [6, 6.07) is 4.61. The van der Waals surface area contributed by atoms with Crippen molar-refractivity contribution in [1.29, 1.82) is 0 Å². The maximum absolute atomic E-state index is 12.2. The molecule has 1 unspecified atom stereocenters. The van der Waals surface area contributed by atoms with Crippen LogP contribution < -0.4 is 15.2 Å². The van der Waals surface area contributed by atoms with E-state index in [1.807, 2.05) is 0 Å². The van der Waals surface area contributed by atoms with Crippen LogP contribution in [-0.4, -0.2) is 28.1 Å². The van der Waals surface area contributed by atoms with Crippen molar-refractivity contribution in [3.8, 4) is 5.75 Å². The molecule has 7 heteroatoms. The number of hydrogen-bond donors (Lipinski definition) is 2. The maximum Gasteiger partial charge on any atom is 0.240 e. The zero-order valence-corrected chi connectivity index (χ0v) is 13.0. The van der Waals surface area contributed by atoms with Crippen LogP contribution in [0, 0.1) is 5.92 Å². The fourth-order valence-electron chi connectivity index (χ4n) is 1.79. The molecule has 106 valence electrons. The van der Waals surface area contributed by atoms with Crippen LogP contribution >= 0.6 is 15.9 Å². The minimum Gasteiger partial charge on any atom is -0.497 e. The van der Waals surface area contributed by atoms with Crippen molar-refractivity contribution in [2.45, 2.75) is 23.8 Å². The largest absolute Gasteiger partial charge is 0.497 e. The average Bonchev–Trinajstić information content (AvgIpc) is 3.19. The topological polar surface area (TPSA) is 81.4 Å². The van der Waals surface area contributed by atoms with Gasteiger partial charge in [-0.05, 0) is 30.9 Å². The minimum absolute atomic E-state index is 0.108. The molecule has 3 N–H and O–H groups in total. The van der Waals surface area contributed by atoms with E-state index in [-0.39, 0.29) is 17.5 Å². The smallest absolute Gasteiger partial charge is 0.240 e. The van der Waals surface area contributed by atoms with E-state index in [0.29, 0.717) is 16.1 Å². The zero-order chi connectivity index (χ0) is 14.0. The summed E-state index contributed by atoms with van der Waals surface area (Å²) in [4.78, 5) is 0.168. The van der Waals surface area contributed by atoms with E-state index in [9.17, 15) is 8.42 Å². The molecule has 0 spiro atoms. The molecule has 0 saturated heterocycles. The fraction of sp³-hybridized carbons (Fsp3) is 0.500. The Hall–Kier alpha value is -0.630. The Bertz CT molecular complexity index is 558. The molecule has 0 aliphatic heterocycles. The first-order valence-electron chi connectivity index (χ1n) is 6.02. The summed E-state index contributed by atoms with van der Waals surface area (Å²) in [7, 11) is -2.06. The first kappa shape index (κ1) is 14.8. The molecule has 5 nitrogen and oxygen atoms in total. The number of benzene rings is 1. The van der Waals surface area contributed by atoms with E-state index >= 15 is 0 Å². The molecule has 1 aromatic carbocycles. The second kappa shape index (κ2) is 5.78. The molecule has 0 aromatic heterocycles. The number of sulfonamides is 1. The van der Waals surface area contributed by atoms with Crippen LogP contribution in [0.5, 0.6) is 5.75 Å². The molecule has 1 atom stereocenters. The van der Waals surface area contributed by atoms with Crippen LogP contribution in [0.3, 0.4) is 0 Å². The van der Waals surface area contributed by atoms with Crippen molar-refractivity contribution in [1.82, 2.24) is 4.72 Å². The first-order valence-corrected chi connectivity index (χ1v) is 8.30. The average molecular weight is 349 g/mol. The Morgan fingerprint density at radius 2 is 2.16 bits per heavy atom. The third kappa shape index (κ3) is 3.92. The van der Waals surface area contributed by atoms with E-state index in [1.165, 1.54) is 19.2 Å². The fourth-order valence-corrected chi connectivity index (χ4v) is 3.55. The summed E-state index contributed by atoms with van der Waals surface area (Å²) in [5.41, 5.74) is 5.89. The Labute approximate surface area is 121 Å². The Morgan fingerprint density at radius 3 is 2.74 bits per heavy atom. The summed E-state index contributed by atoms with van der Waals surface area (Å²) < 4.78 is 32.6. The highest BCUT2D eigenvalue weighted by Gasteiger charge is 2.29. The third-order valence-electron chi connectivity index (χ3n) is 3.13. The maximum atomic E-state index is 12.2. The number of ether oxygens (including phenoxy) is 1. The van der Waals surface area contributed by atoms with Crippen LogP contribution in [0.1, 0.15) is 12.8 Å². The normalized spacial score (nSPS) is 17.2. The first-order chi connectivity index (χ1) is 8.92. The van der Waals surface area contributed by atoms with Crippen molar-refractivity contribution < 1.29 is 13.2 Å². The van der Waals surface area contributed by atoms with Gasteiger partial charge in [0, 0.05) is 23.1 Å². The van der Waals surface area contributed by atoms with Crippen LogP contribution in [0.15, 0.2) is 27.6 Å². The molecule has 1 fully saturated rings. The lowest BCUT2D eigenvalue weighted by Crippen LogP contribution is -2.38. The van der Waals surface area contributed by atoms with Crippen LogP contribution in [0.25, 0.3) is 0 Å². The molecule has 0 radical (unpaired) electrons. The van der Waals surface area contributed by atoms with Gasteiger partial charge in [0.25, 0.3) is 0 Å². The third-order valence-corrected chi connectivity index (χ3v) is 4.99. The molecule has 1 aromatic rings. The standard InChI is InChI=1S/C12H17BrN2O3S/c1-18-10-4-9(13)5-11(6-10)19(16,17)15-7-12(14)8-2-3-8/h4-6,8,12,15H,2-3,7,14H2,1H3. The van der Waals surface area contributed by atoms with Gasteiger partial charge in [0.2, 0.25) is 10.0 Å². The summed E-state index contributed by atoms with van der Waals surface area (Å²) in [5.74, 6) is 0.945. The van der Waals surface area contributed by atoms with Crippen LogP contribution in [0.4, 0.5) is 0 Å². The Balaban J connectivity index is 2.11. The molecule has 0 heterocycles. The van der Waals surface area contributed by atoms with Gasteiger partial charge in [-0.15, -0.1) is 0 Å². The van der Waals surface area contributed by atoms with Gasteiger partial charge in [0.05, 0.1) is 12.0 Å².